The van der Waals surface area contributed by atoms with Gasteiger partial charge < -0.3 is 5.73 Å². The van der Waals surface area contributed by atoms with Gasteiger partial charge in [-0.3, -0.25) is 4.99 Å². The second-order valence-corrected chi connectivity index (χ2v) is 3.26. The van der Waals surface area contributed by atoms with E-state index in [9.17, 15) is 0 Å². The molecule has 0 atom stereocenters. The molecule has 0 saturated heterocycles. The summed E-state index contributed by atoms with van der Waals surface area (Å²) in [6, 6.07) is 0. The number of allylic oxidation sites excluding steroid dienone is 2. The zero-order valence-electron chi connectivity index (χ0n) is 6.80. The first-order valence-electron chi connectivity index (χ1n) is 3.91. The van der Waals surface area contributed by atoms with Crippen molar-refractivity contribution in [2.75, 3.05) is 6.54 Å². The number of aliphatic imine (C=N–C) groups is 1. The van der Waals surface area contributed by atoms with E-state index in [1.165, 1.54) is 12.8 Å². The highest BCUT2D eigenvalue weighted by Gasteiger charge is 2.08. The third kappa shape index (κ3) is 2.26. The molecule has 0 saturated carbocycles. The number of nitrogens with zero attached hydrogens (tertiary/aromatic N) is 1. The summed E-state index contributed by atoms with van der Waals surface area (Å²) in [6.45, 7) is 2.80. The van der Waals surface area contributed by atoms with Gasteiger partial charge in [-0.25, -0.2) is 0 Å². The largest absolute Gasteiger partial charge is 0.401 e. The molecule has 0 aromatic rings. The molecule has 0 aromatic carbocycles. The molecule has 62 valence electrons. The van der Waals surface area contributed by atoms with E-state index in [0.717, 1.165) is 29.3 Å². The van der Waals surface area contributed by atoms with Crippen LogP contribution in [-0.4, -0.2) is 12.3 Å². The Hall–Kier alpha value is -0.440. The molecule has 11 heavy (non-hydrogen) atoms. The van der Waals surface area contributed by atoms with E-state index in [1.54, 1.807) is 0 Å². The Morgan fingerprint density at radius 1 is 1.55 bits per heavy atom. The molecule has 0 fully saturated rings. The summed E-state index contributed by atoms with van der Waals surface area (Å²) in [5, 5.41) is 0. The first-order valence-corrected chi connectivity index (χ1v) is 4.35. The van der Waals surface area contributed by atoms with E-state index >= 15 is 0 Å². The molecule has 1 rings (SSSR count). The molecular formula is C8H14N2S. The van der Waals surface area contributed by atoms with Crippen LogP contribution < -0.4 is 5.73 Å². The van der Waals surface area contributed by atoms with Crippen LogP contribution in [0.25, 0.3) is 0 Å². The monoisotopic (exact) mass is 170 g/mol. The summed E-state index contributed by atoms with van der Waals surface area (Å²) >= 11 is 4.29. The third-order valence-corrected chi connectivity index (χ3v) is 2.38. The highest BCUT2D eigenvalue weighted by Crippen LogP contribution is 2.16. The van der Waals surface area contributed by atoms with Crippen LogP contribution in [-0.2, 0) is 0 Å². The summed E-state index contributed by atoms with van der Waals surface area (Å²) < 4.78 is 0. The SMILES string of the molecule is CC(N)=C(S)C1=NCCCC1. The van der Waals surface area contributed by atoms with Gasteiger partial charge in [0.05, 0.1) is 0 Å². The van der Waals surface area contributed by atoms with Crippen LogP contribution in [0.15, 0.2) is 15.6 Å². The summed E-state index contributed by atoms with van der Waals surface area (Å²) in [4.78, 5) is 5.23. The summed E-state index contributed by atoms with van der Waals surface area (Å²) in [7, 11) is 0. The minimum atomic E-state index is 0.772. The quantitative estimate of drug-likeness (QED) is 0.578. The van der Waals surface area contributed by atoms with Crippen molar-refractivity contribution in [3.05, 3.63) is 10.6 Å². The number of hydrogen-bond donors (Lipinski definition) is 2. The van der Waals surface area contributed by atoms with Crippen molar-refractivity contribution in [1.29, 1.82) is 0 Å². The van der Waals surface area contributed by atoms with Gasteiger partial charge in [-0.15, -0.1) is 12.6 Å². The second kappa shape index (κ2) is 3.81. The van der Waals surface area contributed by atoms with E-state index in [4.69, 9.17) is 5.73 Å². The summed E-state index contributed by atoms with van der Waals surface area (Å²) in [6.07, 6.45) is 3.46. The lowest BCUT2D eigenvalue weighted by molar-refractivity contribution is 0.739. The van der Waals surface area contributed by atoms with Gasteiger partial charge in [-0.1, -0.05) is 0 Å². The first kappa shape index (κ1) is 8.65. The Kier molecular flexibility index (Phi) is 3.00. The zero-order chi connectivity index (χ0) is 8.27. The van der Waals surface area contributed by atoms with Gasteiger partial charge in [0.15, 0.2) is 0 Å². The molecule has 1 heterocycles. The van der Waals surface area contributed by atoms with Crippen LogP contribution in [0, 0.1) is 0 Å². The highest BCUT2D eigenvalue weighted by molar-refractivity contribution is 7.85. The molecule has 0 amide bonds. The van der Waals surface area contributed by atoms with Gasteiger partial charge in [0.1, 0.15) is 0 Å². The molecule has 0 radical (unpaired) electrons. The smallest absolute Gasteiger partial charge is 0.0498 e. The summed E-state index contributed by atoms with van der Waals surface area (Å²) in [5.41, 5.74) is 7.44. The van der Waals surface area contributed by atoms with Crippen LogP contribution in [0.5, 0.6) is 0 Å². The minimum Gasteiger partial charge on any atom is -0.401 e. The Morgan fingerprint density at radius 2 is 2.27 bits per heavy atom. The molecular weight excluding hydrogens is 156 g/mol. The predicted octanol–water partition coefficient (Wildman–Crippen LogP) is 1.73. The average Bonchev–Trinajstić information content (AvgIpc) is 2.05. The van der Waals surface area contributed by atoms with Crippen LogP contribution >= 0.6 is 12.6 Å². The molecule has 1 aliphatic rings. The Bertz CT molecular complexity index is 202. The number of rotatable bonds is 1. The van der Waals surface area contributed by atoms with Crippen LogP contribution in [0.3, 0.4) is 0 Å². The molecule has 3 heteroatoms. The van der Waals surface area contributed by atoms with Gasteiger partial charge in [-0.05, 0) is 26.2 Å². The van der Waals surface area contributed by atoms with Gasteiger partial charge in [0.25, 0.3) is 0 Å². The Morgan fingerprint density at radius 3 is 2.73 bits per heavy atom. The molecule has 1 aliphatic heterocycles. The number of hydrogen-bond acceptors (Lipinski definition) is 3. The van der Waals surface area contributed by atoms with Crippen LogP contribution in [0.1, 0.15) is 26.2 Å². The van der Waals surface area contributed by atoms with Crippen molar-refractivity contribution >= 4 is 18.3 Å². The van der Waals surface area contributed by atoms with Crippen molar-refractivity contribution in [3.63, 3.8) is 0 Å². The maximum absolute atomic E-state index is 5.59. The lowest BCUT2D eigenvalue weighted by Gasteiger charge is -2.12. The zero-order valence-corrected chi connectivity index (χ0v) is 7.69. The highest BCUT2D eigenvalue weighted by atomic mass is 32.1. The fourth-order valence-electron chi connectivity index (χ4n) is 1.12. The molecule has 0 aromatic heterocycles. The molecule has 0 spiro atoms. The molecule has 0 unspecified atom stereocenters. The van der Waals surface area contributed by atoms with E-state index in [0.29, 0.717) is 0 Å². The third-order valence-electron chi connectivity index (χ3n) is 1.77. The van der Waals surface area contributed by atoms with Crippen LogP contribution in [0.4, 0.5) is 0 Å². The van der Waals surface area contributed by atoms with E-state index in [2.05, 4.69) is 17.6 Å². The van der Waals surface area contributed by atoms with Crippen molar-refractivity contribution in [2.24, 2.45) is 10.7 Å². The maximum atomic E-state index is 5.59. The van der Waals surface area contributed by atoms with Crippen molar-refractivity contribution in [1.82, 2.24) is 0 Å². The number of thiol groups is 1. The maximum Gasteiger partial charge on any atom is 0.0498 e. The average molecular weight is 170 g/mol. The van der Waals surface area contributed by atoms with Gasteiger partial charge in [0, 0.05) is 22.9 Å². The van der Waals surface area contributed by atoms with E-state index in [1.807, 2.05) is 6.92 Å². The lowest BCUT2D eigenvalue weighted by atomic mass is 10.1. The number of nitrogens with two attached hydrogens (primary N) is 1. The van der Waals surface area contributed by atoms with Crippen molar-refractivity contribution < 1.29 is 0 Å². The standard InChI is InChI=1S/C8H14N2S/c1-6(9)8(11)7-4-2-3-5-10-7/h11H,2-5,9H2,1H3. The van der Waals surface area contributed by atoms with E-state index in [-0.39, 0.29) is 0 Å². The predicted molar refractivity (Wildman–Crippen MR) is 52.0 cm³/mol. The first-order chi connectivity index (χ1) is 5.22. The minimum absolute atomic E-state index is 0.772. The van der Waals surface area contributed by atoms with Gasteiger partial charge in [-0.2, -0.15) is 0 Å². The Balaban J connectivity index is 2.74. The summed E-state index contributed by atoms with van der Waals surface area (Å²) in [5.74, 6) is 0. The lowest BCUT2D eigenvalue weighted by Crippen LogP contribution is -2.09. The van der Waals surface area contributed by atoms with E-state index < -0.39 is 0 Å². The van der Waals surface area contributed by atoms with Crippen molar-refractivity contribution in [3.8, 4) is 0 Å². The van der Waals surface area contributed by atoms with Crippen LogP contribution in [0.2, 0.25) is 0 Å². The molecule has 2 N–H and O–H groups in total. The van der Waals surface area contributed by atoms with Gasteiger partial charge in [0.2, 0.25) is 0 Å². The molecule has 0 bridgehead atoms. The fourth-order valence-corrected chi connectivity index (χ4v) is 1.30. The normalized spacial score (nSPS) is 20.7. The Labute approximate surface area is 73.0 Å². The fraction of sp³-hybridized carbons (Fsp3) is 0.625. The molecule has 2 nitrogen and oxygen atoms in total. The van der Waals surface area contributed by atoms with Crippen molar-refractivity contribution in [2.45, 2.75) is 26.2 Å². The van der Waals surface area contributed by atoms with Gasteiger partial charge >= 0.3 is 0 Å². The topological polar surface area (TPSA) is 38.4 Å². The molecule has 0 aliphatic carbocycles. The second-order valence-electron chi connectivity index (χ2n) is 2.82.